The van der Waals surface area contributed by atoms with Crippen molar-refractivity contribution in [1.29, 1.82) is 0 Å². The lowest BCUT2D eigenvalue weighted by Gasteiger charge is -2.09. The minimum atomic E-state index is -4.42. The van der Waals surface area contributed by atoms with Gasteiger partial charge in [0.1, 0.15) is 5.69 Å². The molecular weight excluding hydrogens is 453 g/mol. The van der Waals surface area contributed by atoms with E-state index in [1.54, 1.807) is 48.8 Å². The molecule has 2 heterocycles. The Morgan fingerprint density at radius 2 is 1.79 bits per heavy atom. The number of halogens is 4. The number of Topliss-reactive ketones (excluding diaryl/α,β-unsaturated/α-hetero) is 1. The number of hydrogen-bond donors (Lipinski definition) is 0. The van der Waals surface area contributed by atoms with Crippen molar-refractivity contribution in [3.05, 3.63) is 100 Å². The number of pyridine rings is 1. The van der Waals surface area contributed by atoms with Crippen LogP contribution in [0.3, 0.4) is 0 Å². The van der Waals surface area contributed by atoms with Gasteiger partial charge in [-0.25, -0.2) is 4.68 Å². The monoisotopic (exact) mass is 466 g/mol. The summed E-state index contributed by atoms with van der Waals surface area (Å²) in [7, 11) is 0. The molecule has 0 saturated heterocycles. The summed E-state index contributed by atoms with van der Waals surface area (Å²) >= 11 is 6.09. The second-order valence-electron chi connectivity index (χ2n) is 6.94. The number of ketones is 1. The molecule has 4 rings (SSSR count). The third-order valence-corrected chi connectivity index (χ3v) is 5.01. The highest BCUT2D eigenvalue weighted by Gasteiger charge is 2.30. The van der Waals surface area contributed by atoms with Crippen LogP contribution in [0.4, 0.5) is 13.2 Å². The van der Waals surface area contributed by atoms with E-state index in [4.69, 9.17) is 11.6 Å². The van der Waals surface area contributed by atoms with Crippen LogP contribution in [0, 0.1) is 11.8 Å². The summed E-state index contributed by atoms with van der Waals surface area (Å²) in [5.41, 5.74) is 1.24. The van der Waals surface area contributed by atoms with Crippen molar-refractivity contribution in [2.45, 2.75) is 12.7 Å². The normalized spacial score (nSPS) is 11.0. The Balaban J connectivity index is 1.70. The Hall–Kier alpha value is -3.96. The van der Waals surface area contributed by atoms with E-state index in [1.165, 1.54) is 16.8 Å². The molecule has 9 heteroatoms. The number of nitrogens with zero attached hydrogens (tertiary/aromatic N) is 4. The van der Waals surface area contributed by atoms with Gasteiger partial charge in [0.25, 0.3) is 5.78 Å². The van der Waals surface area contributed by atoms with Gasteiger partial charge in [0.2, 0.25) is 0 Å². The third-order valence-electron chi connectivity index (χ3n) is 4.68. The van der Waals surface area contributed by atoms with Gasteiger partial charge in [-0.15, -0.1) is 5.10 Å². The van der Waals surface area contributed by atoms with Crippen LogP contribution in [0.1, 0.15) is 27.2 Å². The highest BCUT2D eigenvalue weighted by Crippen LogP contribution is 2.29. The summed E-state index contributed by atoms with van der Waals surface area (Å²) in [6, 6.07) is 15.0. The van der Waals surface area contributed by atoms with E-state index >= 15 is 0 Å². The quantitative estimate of drug-likeness (QED) is 0.303. The summed E-state index contributed by atoms with van der Waals surface area (Å²) in [6.07, 6.45) is -1.31. The van der Waals surface area contributed by atoms with Gasteiger partial charge in [0.05, 0.1) is 17.1 Å². The van der Waals surface area contributed by atoms with Crippen molar-refractivity contribution in [3.8, 4) is 23.1 Å². The summed E-state index contributed by atoms with van der Waals surface area (Å²) in [4.78, 5) is 16.9. The highest BCUT2D eigenvalue weighted by molar-refractivity contribution is 6.31. The number of benzene rings is 2. The van der Waals surface area contributed by atoms with E-state index in [1.807, 2.05) is 0 Å². The van der Waals surface area contributed by atoms with E-state index in [-0.39, 0.29) is 12.2 Å². The second-order valence-corrected chi connectivity index (χ2v) is 7.35. The molecule has 0 spiro atoms. The fourth-order valence-electron chi connectivity index (χ4n) is 3.08. The van der Waals surface area contributed by atoms with Gasteiger partial charge < -0.3 is 0 Å². The molecule has 0 aliphatic rings. The van der Waals surface area contributed by atoms with Crippen LogP contribution in [0.15, 0.2) is 73.1 Å². The zero-order valence-electron chi connectivity index (χ0n) is 16.8. The number of alkyl halides is 3. The molecular formula is C24H14ClF3N4O. The van der Waals surface area contributed by atoms with E-state index in [9.17, 15) is 18.0 Å². The molecule has 0 bridgehead atoms. The SMILES string of the molecule is O=C(C#Cc1ccccc1Cl)c1nnn(Cc2ccc(C(F)(F)F)cc2)c1-c1cccnc1. The van der Waals surface area contributed by atoms with Crippen LogP contribution in [0.5, 0.6) is 0 Å². The smallest absolute Gasteiger partial charge is 0.277 e. The van der Waals surface area contributed by atoms with Gasteiger partial charge in [-0.2, -0.15) is 13.2 Å². The minimum Gasteiger partial charge on any atom is -0.277 e. The number of carbonyl (C=O) groups is 1. The molecule has 164 valence electrons. The van der Waals surface area contributed by atoms with E-state index in [0.29, 0.717) is 27.4 Å². The van der Waals surface area contributed by atoms with Gasteiger partial charge in [-0.05, 0) is 47.9 Å². The van der Waals surface area contributed by atoms with Crippen molar-refractivity contribution in [2.24, 2.45) is 0 Å². The molecule has 4 aromatic rings. The standard InChI is InChI=1S/C24H14ClF3N4O/c25-20-6-2-1-4-17(20)9-12-21(33)22-23(18-5-3-13-29-14-18)32(31-30-22)15-16-7-10-19(11-8-16)24(26,27)28/h1-8,10-11,13-14H,15H2. The zero-order chi connectivity index (χ0) is 23.4. The van der Waals surface area contributed by atoms with E-state index in [0.717, 1.165) is 12.1 Å². The van der Waals surface area contributed by atoms with Gasteiger partial charge >= 0.3 is 6.18 Å². The molecule has 5 nitrogen and oxygen atoms in total. The maximum atomic E-state index is 12.9. The van der Waals surface area contributed by atoms with Crippen molar-refractivity contribution >= 4 is 17.4 Å². The van der Waals surface area contributed by atoms with Crippen LogP contribution in [-0.4, -0.2) is 25.8 Å². The maximum Gasteiger partial charge on any atom is 0.416 e. The lowest BCUT2D eigenvalue weighted by Crippen LogP contribution is -2.08. The van der Waals surface area contributed by atoms with Crippen LogP contribution in [0.25, 0.3) is 11.3 Å². The molecule has 0 fully saturated rings. The first-order valence-corrected chi connectivity index (χ1v) is 10.0. The lowest BCUT2D eigenvalue weighted by atomic mass is 10.1. The van der Waals surface area contributed by atoms with Crippen molar-refractivity contribution in [3.63, 3.8) is 0 Å². The molecule has 0 radical (unpaired) electrons. The first-order chi connectivity index (χ1) is 15.8. The molecule has 0 aliphatic carbocycles. The second kappa shape index (κ2) is 9.27. The van der Waals surface area contributed by atoms with Gasteiger partial charge in [-0.1, -0.05) is 47.0 Å². The third kappa shape index (κ3) is 5.10. The average molecular weight is 467 g/mol. The Labute approximate surface area is 191 Å². The first kappa shape index (κ1) is 22.2. The van der Waals surface area contributed by atoms with Gasteiger partial charge in [0.15, 0.2) is 5.69 Å². The highest BCUT2D eigenvalue weighted by atomic mass is 35.5. The Morgan fingerprint density at radius 1 is 1.03 bits per heavy atom. The molecule has 2 aromatic carbocycles. The first-order valence-electron chi connectivity index (χ1n) is 9.64. The minimum absolute atomic E-state index is 0.00876. The van der Waals surface area contributed by atoms with Crippen LogP contribution >= 0.6 is 11.6 Å². The molecule has 0 unspecified atom stereocenters. The Morgan fingerprint density at radius 3 is 2.45 bits per heavy atom. The topological polar surface area (TPSA) is 60.7 Å². The Bertz CT molecular complexity index is 1350. The fraction of sp³-hybridized carbons (Fsp3) is 0.0833. The summed E-state index contributed by atoms with van der Waals surface area (Å²) in [5, 5.41) is 8.47. The molecule has 0 amide bonds. The summed E-state index contributed by atoms with van der Waals surface area (Å²) < 4.78 is 40.0. The number of rotatable bonds is 4. The summed E-state index contributed by atoms with van der Waals surface area (Å²) in [6.45, 7) is 0.0978. The molecule has 0 N–H and O–H groups in total. The Kier molecular flexibility index (Phi) is 6.24. The van der Waals surface area contributed by atoms with Gasteiger partial charge in [0, 0.05) is 23.5 Å². The number of hydrogen-bond acceptors (Lipinski definition) is 4. The van der Waals surface area contributed by atoms with E-state index < -0.39 is 17.5 Å². The van der Waals surface area contributed by atoms with Crippen molar-refractivity contribution < 1.29 is 18.0 Å². The lowest BCUT2D eigenvalue weighted by molar-refractivity contribution is -0.137. The molecule has 0 saturated carbocycles. The van der Waals surface area contributed by atoms with Crippen LogP contribution < -0.4 is 0 Å². The fourth-order valence-corrected chi connectivity index (χ4v) is 3.27. The molecule has 0 aliphatic heterocycles. The van der Waals surface area contributed by atoms with Crippen LogP contribution in [0.2, 0.25) is 5.02 Å². The van der Waals surface area contributed by atoms with Crippen LogP contribution in [-0.2, 0) is 12.7 Å². The molecule has 33 heavy (non-hydrogen) atoms. The largest absolute Gasteiger partial charge is 0.416 e. The zero-order valence-corrected chi connectivity index (χ0v) is 17.6. The van der Waals surface area contributed by atoms with Crippen molar-refractivity contribution in [1.82, 2.24) is 20.0 Å². The predicted molar refractivity (Wildman–Crippen MR) is 116 cm³/mol. The molecule has 0 atom stereocenters. The predicted octanol–water partition coefficient (Wildman–Crippen LogP) is 5.30. The average Bonchev–Trinajstić information content (AvgIpc) is 3.22. The van der Waals surface area contributed by atoms with E-state index in [2.05, 4.69) is 27.1 Å². The number of aromatic nitrogens is 4. The number of carbonyl (C=O) groups excluding carboxylic acids is 1. The van der Waals surface area contributed by atoms with Crippen molar-refractivity contribution in [2.75, 3.05) is 0 Å². The van der Waals surface area contributed by atoms with Gasteiger partial charge in [-0.3, -0.25) is 9.78 Å². The maximum absolute atomic E-state index is 12.9. The molecule has 2 aromatic heterocycles. The summed E-state index contributed by atoms with van der Waals surface area (Å²) in [5.74, 6) is 4.69.